The monoisotopic (exact) mass is 275 g/mol. The fraction of sp³-hybridized carbons (Fsp3) is 0.929. The Morgan fingerprint density at radius 3 is 2.44 bits per heavy atom. The van der Waals surface area contributed by atoms with Crippen molar-refractivity contribution in [2.75, 3.05) is 31.0 Å². The zero-order valence-corrected chi connectivity index (χ0v) is 13.0. The van der Waals surface area contributed by atoms with Crippen molar-refractivity contribution in [2.24, 2.45) is 5.92 Å². The Morgan fingerprint density at radius 2 is 1.94 bits per heavy atom. The fourth-order valence-electron chi connectivity index (χ4n) is 2.20. The first-order valence-electron chi connectivity index (χ1n) is 6.84. The Hall–Kier alpha value is -0.0600. The lowest BCUT2D eigenvalue weighted by molar-refractivity contribution is -0.142. The molecule has 0 saturated carbocycles. The molecule has 0 aromatic heterocycles. The molecule has 0 radical (unpaired) electrons. The molecule has 0 aromatic rings. The Bertz CT molecular complexity index is 262. The van der Waals surface area contributed by atoms with Gasteiger partial charge in [0, 0.05) is 18.8 Å². The summed E-state index contributed by atoms with van der Waals surface area (Å²) in [6.45, 7) is 7.28. The van der Waals surface area contributed by atoms with Crippen molar-refractivity contribution in [3.63, 3.8) is 0 Å². The molecule has 4 heteroatoms. The van der Waals surface area contributed by atoms with E-state index in [4.69, 9.17) is 9.47 Å². The van der Waals surface area contributed by atoms with Crippen LogP contribution in [0.25, 0.3) is 0 Å². The topological polar surface area (TPSA) is 35.5 Å². The number of Topliss-reactive ketones (excluding diaryl/α,β-unsaturated/α-hetero) is 1. The largest absolute Gasteiger partial charge is 0.348 e. The average Bonchev–Trinajstić information content (AvgIpc) is 2.74. The average molecular weight is 275 g/mol. The maximum atomic E-state index is 11.4. The first-order valence-corrected chi connectivity index (χ1v) is 8.81. The van der Waals surface area contributed by atoms with Crippen molar-refractivity contribution in [1.29, 1.82) is 0 Å². The van der Waals surface area contributed by atoms with E-state index in [2.05, 4.69) is 13.2 Å². The molecule has 0 amide bonds. The summed E-state index contributed by atoms with van der Waals surface area (Å²) in [6, 6.07) is 0. The van der Waals surface area contributed by atoms with Gasteiger partial charge in [-0.15, -0.1) is 0 Å². The second kappa shape index (κ2) is 7.51. The lowest BCUT2D eigenvalue weighted by Crippen LogP contribution is -2.29. The van der Waals surface area contributed by atoms with Crippen molar-refractivity contribution in [2.45, 2.75) is 45.8 Å². The highest BCUT2D eigenvalue weighted by Gasteiger charge is 2.33. The van der Waals surface area contributed by atoms with E-state index in [1.54, 1.807) is 6.92 Å². The summed E-state index contributed by atoms with van der Waals surface area (Å²) in [7, 11) is 0.357. The van der Waals surface area contributed by atoms with Crippen LogP contribution in [0.2, 0.25) is 0 Å². The van der Waals surface area contributed by atoms with E-state index in [9.17, 15) is 4.79 Å². The number of ketones is 1. The van der Waals surface area contributed by atoms with Gasteiger partial charge in [0.25, 0.3) is 0 Å². The molecular weight excluding hydrogens is 248 g/mol. The molecule has 18 heavy (non-hydrogen) atoms. The molecule has 2 atom stereocenters. The van der Waals surface area contributed by atoms with E-state index in [0.29, 0.717) is 16.7 Å². The standard InChI is InChI=1S/C14H27O3S/c1-5-13(12(2)15)6-10-18(4)11-7-14(3)16-8-9-17-14/h13H,5-11H2,1-4H3/q+1/t13-,18?/m0/s1. The van der Waals surface area contributed by atoms with Crippen molar-refractivity contribution in [3.8, 4) is 0 Å². The molecule has 1 heterocycles. The summed E-state index contributed by atoms with van der Waals surface area (Å²) in [6.07, 6.45) is 5.25. The van der Waals surface area contributed by atoms with Crippen LogP contribution in [-0.4, -0.2) is 42.5 Å². The van der Waals surface area contributed by atoms with Crippen LogP contribution in [0.15, 0.2) is 0 Å². The van der Waals surface area contributed by atoms with Gasteiger partial charge in [0.1, 0.15) is 17.3 Å². The number of hydrogen-bond acceptors (Lipinski definition) is 3. The molecule has 3 nitrogen and oxygen atoms in total. The minimum absolute atomic E-state index is 0.259. The van der Waals surface area contributed by atoms with Crippen molar-refractivity contribution >= 4 is 16.7 Å². The van der Waals surface area contributed by atoms with Crippen LogP contribution >= 0.6 is 0 Å². The first-order chi connectivity index (χ1) is 8.47. The maximum Gasteiger partial charge on any atom is 0.170 e. The Morgan fingerprint density at radius 1 is 1.33 bits per heavy atom. The fourth-order valence-corrected chi connectivity index (χ4v) is 3.81. The minimum Gasteiger partial charge on any atom is -0.348 e. The van der Waals surface area contributed by atoms with E-state index < -0.39 is 0 Å². The smallest absolute Gasteiger partial charge is 0.170 e. The van der Waals surface area contributed by atoms with Crippen molar-refractivity contribution in [1.82, 2.24) is 0 Å². The van der Waals surface area contributed by atoms with Gasteiger partial charge in [-0.25, -0.2) is 0 Å². The SMILES string of the molecule is CC[C@@H](CC[S+](C)CCC1(C)OCCO1)C(C)=O. The van der Waals surface area contributed by atoms with E-state index in [-0.39, 0.29) is 11.7 Å². The molecule has 0 aliphatic carbocycles. The lowest BCUT2D eigenvalue weighted by Gasteiger charge is -2.21. The van der Waals surface area contributed by atoms with E-state index in [1.165, 1.54) is 0 Å². The zero-order chi connectivity index (χ0) is 13.6. The Labute approximate surface area is 114 Å². The lowest BCUT2D eigenvalue weighted by atomic mass is 10.00. The van der Waals surface area contributed by atoms with Gasteiger partial charge in [0.05, 0.1) is 19.5 Å². The third-order valence-corrected chi connectivity index (χ3v) is 5.52. The van der Waals surface area contributed by atoms with Gasteiger partial charge in [-0.05, 0) is 31.2 Å². The maximum absolute atomic E-state index is 11.4. The van der Waals surface area contributed by atoms with E-state index in [1.807, 2.05) is 6.92 Å². The molecule has 1 unspecified atom stereocenters. The molecule has 1 fully saturated rings. The summed E-state index contributed by atoms with van der Waals surface area (Å²) in [5.74, 6) is 2.52. The van der Waals surface area contributed by atoms with Gasteiger partial charge in [-0.2, -0.15) is 0 Å². The molecule has 1 aliphatic rings. The van der Waals surface area contributed by atoms with Gasteiger partial charge < -0.3 is 9.47 Å². The molecule has 0 N–H and O–H groups in total. The molecule has 1 saturated heterocycles. The highest BCUT2D eigenvalue weighted by atomic mass is 32.2. The molecule has 0 bridgehead atoms. The molecule has 106 valence electrons. The third kappa shape index (κ3) is 5.29. The van der Waals surface area contributed by atoms with Gasteiger partial charge in [-0.1, -0.05) is 6.92 Å². The van der Waals surface area contributed by atoms with Crippen LogP contribution in [0.3, 0.4) is 0 Å². The summed E-state index contributed by atoms with van der Waals surface area (Å²) < 4.78 is 11.2. The van der Waals surface area contributed by atoms with E-state index in [0.717, 1.165) is 44.0 Å². The zero-order valence-electron chi connectivity index (χ0n) is 12.2. The van der Waals surface area contributed by atoms with Gasteiger partial charge in [-0.3, -0.25) is 4.79 Å². The van der Waals surface area contributed by atoms with Crippen LogP contribution in [0.5, 0.6) is 0 Å². The van der Waals surface area contributed by atoms with Crippen molar-refractivity contribution < 1.29 is 14.3 Å². The van der Waals surface area contributed by atoms with Gasteiger partial charge in [0.2, 0.25) is 0 Å². The highest BCUT2D eigenvalue weighted by Crippen LogP contribution is 2.23. The Balaban J connectivity index is 2.20. The number of rotatable bonds is 8. The summed E-state index contributed by atoms with van der Waals surface area (Å²) in [5, 5.41) is 0. The molecule has 0 spiro atoms. The van der Waals surface area contributed by atoms with Crippen LogP contribution < -0.4 is 0 Å². The van der Waals surface area contributed by atoms with Crippen LogP contribution in [0.4, 0.5) is 0 Å². The second-order valence-electron chi connectivity index (χ2n) is 5.27. The number of carbonyl (C=O) groups is 1. The number of carbonyl (C=O) groups excluding carboxylic acids is 1. The molecule has 0 aromatic carbocycles. The third-order valence-electron chi connectivity index (χ3n) is 3.69. The number of hydrogen-bond donors (Lipinski definition) is 0. The van der Waals surface area contributed by atoms with Crippen molar-refractivity contribution in [3.05, 3.63) is 0 Å². The predicted molar refractivity (Wildman–Crippen MR) is 77.0 cm³/mol. The minimum atomic E-state index is -0.355. The normalized spacial score (nSPS) is 21.8. The van der Waals surface area contributed by atoms with Crippen LogP contribution in [0, 0.1) is 5.92 Å². The summed E-state index contributed by atoms with van der Waals surface area (Å²) >= 11 is 0. The second-order valence-corrected chi connectivity index (χ2v) is 7.65. The highest BCUT2D eigenvalue weighted by molar-refractivity contribution is 7.96. The summed E-state index contributed by atoms with van der Waals surface area (Å²) in [4.78, 5) is 11.4. The van der Waals surface area contributed by atoms with Crippen LogP contribution in [0.1, 0.15) is 40.0 Å². The predicted octanol–water partition coefficient (Wildman–Crippen LogP) is 2.39. The number of ether oxygens (including phenoxy) is 2. The quantitative estimate of drug-likeness (QED) is 0.638. The first kappa shape index (κ1) is 16.0. The van der Waals surface area contributed by atoms with Gasteiger partial charge >= 0.3 is 0 Å². The van der Waals surface area contributed by atoms with E-state index >= 15 is 0 Å². The van der Waals surface area contributed by atoms with Gasteiger partial charge in [0.15, 0.2) is 5.79 Å². The molecule has 1 rings (SSSR count). The van der Waals surface area contributed by atoms with Crippen LogP contribution in [-0.2, 0) is 25.2 Å². The molecule has 1 aliphatic heterocycles. The Kier molecular flexibility index (Phi) is 6.67. The summed E-state index contributed by atoms with van der Waals surface area (Å²) in [5.41, 5.74) is 0. The molecular formula is C14H27O3S+.